The van der Waals surface area contributed by atoms with Crippen molar-refractivity contribution in [2.24, 2.45) is 5.73 Å². The summed E-state index contributed by atoms with van der Waals surface area (Å²) in [5, 5.41) is 1.76. The van der Waals surface area contributed by atoms with E-state index >= 15 is 0 Å². The predicted octanol–water partition coefficient (Wildman–Crippen LogP) is 2.86. The normalized spacial score (nSPS) is 14.9. The van der Waals surface area contributed by atoms with Gasteiger partial charge in [0.1, 0.15) is 0 Å². The molecule has 0 aromatic carbocycles. The fourth-order valence-corrected chi connectivity index (χ4v) is 2.28. The van der Waals surface area contributed by atoms with Gasteiger partial charge < -0.3 is 5.73 Å². The second-order valence-electron chi connectivity index (χ2n) is 3.99. The van der Waals surface area contributed by atoms with Crippen molar-refractivity contribution in [2.45, 2.75) is 49.9 Å². The number of aromatic nitrogens is 1. The van der Waals surface area contributed by atoms with E-state index in [0.717, 1.165) is 11.4 Å². The zero-order valence-electron chi connectivity index (χ0n) is 9.73. The molecule has 2 unspecified atom stereocenters. The van der Waals surface area contributed by atoms with Crippen molar-refractivity contribution in [3.05, 3.63) is 23.9 Å². The highest BCUT2D eigenvalue weighted by Crippen LogP contribution is 2.26. The van der Waals surface area contributed by atoms with E-state index in [0.29, 0.717) is 5.25 Å². The van der Waals surface area contributed by atoms with E-state index in [-0.39, 0.29) is 6.04 Å². The quantitative estimate of drug-likeness (QED) is 0.782. The average Bonchev–Trinajstić information content (AvgIpc) is 2.20. The molecule has 0 aliphatic rings. The van der Waals surface area contributed by atoms with Crippen molar-refractivity contribution in [3.8, 4) is 0 Å². The Labute approximate surface area is 96.7 Å². The van der Waals surface area contributed by atoms with Gasteiger partial charge in [-0.05, 0) is 31.4 Å². The zero-order chi connectivity index (χ0) is 11.3. The van der Waals surface area contributed by atoms with E-state index < -0.39 is 0 Å². The molecule has 2 nitrogen and oxygen atoms in total. The standard InChI is InChI=1S/C12H20N2S/c1-4-10(3)15-12-11(8-9(2)13)6-5-7-14-12/h5-7,9-10H,4,8,13H2,1-3H3. The van der Waals surface area contributed by atoms with Crippen molar-refractivity contribution in [1.29, 1.82) is 0 Å². The fourth-order valence-electron chi connectivity index (χ4n) is 1.31. The monoisotopic (exact) mass is 224 g/mol. The topological polar surface area (TPSA) is 38.9 Å². The molecule has 1 heterocycles. The lowest BCUT2D eigenvalue weighted by Gasteiger charge is -2.12. The molecule has 0 radical (unpaired) electrons. The predicted molar refractivity (Wildman–Crippen MR) is 67.2 cm³/mol. The van der Waals surface area contributed by atoms with Gasteiger partial charge in [0.25, 0.3) is 0 Å². The summed E-state index contributed by atoms with van der Waals surface area (Å²) in [7, 11) is 0. The third-order valence-electron chi connectivity index (χ3n) is 2.28. The minimum atomic E-state index is 0.200. The van der Waals surface area contributed by atoms with Gasteiger partial charge in [-0.25, -0.2) is 4.98 Å². The summed E-state index contributed by atoms with van der Waals surface area (Å²) in [4.78, 5) is 4.43. The molecule has 0 saturated heterocycles. The third kappa shape index (κ3) is 4.22. The first-order chi connectivity index (χ1) is 7.13. The maximum Gasteiger partial charge on any atom is 0.0995 e. The van der Waals surface area contributed by atoms with E-state index in [2.05, 4.69) is 24.9 Å². The van der Waals surface area contributed by atoms with Crippen molar-refractivity contribution < 1.29 is 0 Å². The molecular weight excluding hydrogens is 204 g/mol. The van der Waals surface area contributed by atoms with Crippen molar-refractivity contribution >= 4 is 11.8 Å². The molecule has 0 aliphatic carbocycles. The van der Waals surface area contributed by atoms with Gasteiger partial charge in [-0.3, -0.25) is 0 Å². The Bertz CT molecular complexity index is 299. The van der Waals surface area contributed by atoms with Crippen LogP contribution in [0.1, 0.15) is 32.8 Å². The number of nitrogens with two attached hydrogens (primary N) is 1. The van der Waals surface area contributed by atoms with Crippen LogP contribution in [0.3, 0.4) is 0 Å². The Kier molecular flexibility index (Phi) is 5.12. The first kappa shape index (κ1) is 12.5. The van der Waals surface area contributed by atoms with Gasteiger partial charge in [0.15, 0.2) is 0 Å². The molecule has 0 aliphatic heterocycles. The van der Waals surface area contributed by atoms with Crippen molar-refractivity contribution in [3.63, 3.8) is 0 Å². The number of hydrogen-bond acceptors (Lipinski definition) is 3. The van der Waals surface area contributed by atoms with Crippen LogP contribution in [0.2, 0.25) is 0 Å². The fraction of sp³-hybridized carbons (Fsp3) is 0.583. The Morgan fingerprint density at radius 2 is 2.20 bits per heavy atom. The second-order valence-corrected chi connectivity index (χ2v) is 5.41. The number of pyridine rings is 1. The number of thioether (sulfide) groups is 1. The van der Waals surface area contributed by atoms with Gasteiger partial charge in [-0.1, -0.05) is 19.9 Å². The molecule has 0 bridgehead atoms. The number of hydrogen-bond donors (Lipinski definition) is 1. The highest BCUT2D eigenvalue weighted by atomic mass is 32.2. The SMILES string of the molecule is CCC(C)Sc1ncccc1CC(C)N. The summed E-state index contributed by atoms with van der Waals surface area (Å²) >= 11 is 1.85. The van der Waals surface area contributed by atoms with Crippen LogP contribution in [-0.2, 0) is 6.42 Å². The van der Waals surface area contributed by atoms with E-state index in [4.69, 9.17) is 5.73 Å². The molecule has 0 saturated carbocycles. The third-order valence-corrected chi connectivity index (χ3v) is 3.61. The number of rotatable bonds is 5. The van der Waals surface area contributed by atoms with Crippen LogP contribution in [0.25, 0.3) is 0 Å². The molecular formula is C12H20N2S. The van der Waals surface area contributed by atoms with Gasteiger partial charge in [-0.15, -0.1) is 11.8 Å². The summed E-state index contributed by atoms with van der Waals surface area (Å²) in [5.41, 5.74) is 7.10. The van der Waals surface area contributed by atoms with Crippen molar-refractivity contribution in [1.82, 2.24) is 4.98 Å². The van der Waals surface area contributed by atoms with E-state index in [1.54, 1.807) is 0 Å². The van der Waals surface area contributed by atoms with Gasteiger partial charge in [0.2, 0.25) is 0 Å². The molecule has 3 heteroatoms. The Morgan fingerprint density at radius 1 is 1.47 bits per heavy atom. The van der Waals surface area contributed by atoms with Gasteiger partial charge in [0, 0.05) is 17.5 Å². The summed E-state index contributed by atoms with van der Waals surface area (Å²) in [6, 6.07) is 4.31. The Balaban J connectivity index is 2.76. The molecule has 1 rings (SSSR count). The Morgan fingerprint density at radius 3 is 2.80 bits per heavy atom. The van der Waals surface area contributed by atoms with E-state index in [1.807, 2.05) is 30.9 Å². The summed E-state index contributed by atoms with van der Waals surface area (Å²) in [6.07, 6.45) is 3.93. The van der Waals surface area contributed by atoms with Crippen LogP contribution in [0.5, 0.6) is 0 Å². The molecule has 15 heavy (non-hydrogen) atoms. The van der Waals surface area contributed by atoms with Crippen LogP contribution in [-0.4, -0.2) is 16.3 Å². The molecule has 1 aromatic rings. The van der Waals surface area contributed by atoms with E-state index in [9.17, 15) is 0 Å². The van der Waals surface area contributed by atoms with Crippen LogP contribution < -0.4 is 5.73 Å². The first-order valence-electron chi connectivity index (χ1n) is 5.49. The molecule has 0 amide bonds. The van der Waals surface area contributed by atoms with Crippen LogP contribution >= 0.6 is 11.8 Å². The average molecular weight is 224 g/mol. The smallest absolute Gasteiger partial charge is 0.0995 e. The van der Waals surface area contributed by atoms with Gasteiger partial charge >= 0.3 is 0 Å². The van der Waals surface area contributed by atoms with E-state index in [1.165, 1.54) is 12.0 Å². The van der Waals surface area contributed by atoms with Gasteiger partial charge in [0.05, 0.1) is 5.03 Å². The Hall–Kier alpha value is -0.540. The van der Waals surface area contributed by atoms with Crippen LogP contribution in [0, 0.1) is 0 Å². The maximum atomic E-state index is 5.82. The zero-order valence-corrected chi connectivity index (χ0v) is 10.6. The molecule has 0 fully saturated rings. The first-order valence-corrected chi connectivity index (χ1v) is 6.37. The molecule has 1 aromatic heterocycles. The summed E-state index contributed by atoms with van der Waals surface area (Å²) < 4.78 is 0. The maximum absolute atomic E-state index is 5.82. The lowest BCUT2D eigenvalue weighted by atomic mass is 10.1. The number of nitrogens with zero attached hydrogens (tertiary/aromatic N) is 1. The molecule has 2 atom stereocenters. The second kappa shape index (κ2) is 6.13. The van der Waals surface area contributed by atoms with Gasteiger partial charge in [-0.2, -0.15) is 0 Å². The molecule has 2 N–H and O–H groups in total. The van der Waals surface area contributed by atoms with Crippen LogP contribution in [0.15, 0.2) is 23.4 Å². The van der Waals surface area contributed by atoms with Crippen LogP contribution in [0.4, 0.5) is 0 Å². The van der Waals surface area contributed by atoms with Crippen molar-refractivity contribution in [2.75, 3.05) is 0 Å². The summed E-state index contributed by atoms with van der Waals surface area (Å²) in [5.74, 6) is 0. The highest BCUT2D eigenvalue weighted by molar-refractivity contribution is 7.99. The minimum absolute atomic E-state index is 0.200. The lowest BCUT2D eigenvalue weighted by molar-refractivity contribution is 0.721. The highest BCUT2D eigenvalue weighted by Gasteiger charge is 2.09. The minimum Gasteiger partial charge on any atom is -0.328 e. The summed E-state index contributed by atoms with van der Waals surface area (Å²) in [6.45, 7) is 6.46. The largest absolute Gasteiger partial charge is 0.328 e. The molecule has 0 spiro atoms. The lowest BCUT2D eigenvalue weighted by Crippen LogP contribution is -2.18. The molecule has 84 valence electrons.